The highest BCUT2D eigenvalue weighted by Crippen LogP contribution is 2.33. The molecule has 0 atom stereocenters. The van der Waals surface area contributed by atoms with Crippen LogP contribution in [0.2, 0.25) is 0 Å². The first-order valence-electron chi connectivity index (χ1n) is 5.79. The summed E-state index contributed by atoms with van der Waals surface area (Å²) in [7, 11) is 3.16. The molecule has 0 aliphatic heterocycles. The maximum atomic E-state index is 12.3. The maximum absolute atomic E-state index is 12.3. The Morgan fingerprint density at radius 3 is 2.28 bits per heavy atom. The maximum Gasteiger partial charge on any atom is 0.254 e. The second-order valence-corrected chi connectivity index (χ2v) is 4.83. The predicted molar refractivity (Wildman–Crippen MR) is 79.5 cm³/mol. The Bertz CT molecular complexity index is 430. The molecule has 0 unspecified atom stereocenters. The van der Waals surface area contributed by atoms with E-state index in [0.717, 1.165) is 3.57 Å². The Balaban J connectivity index is 3.19. The second kappa shape index (κ2) is 6.82. The van der Waals surface area contributed by atoms with Crippen molar-refractivity contribution >= 4 is 28.5 Å². The van der Waals surface area contributed by atoms with E-state index >= 15 is 0 Å². The van der Waals surface area contributed by atoms with Crippen LogP contribution in [0, 0.1) is 3.57 Å². The summed E-state index contributed by atoms with van der Waals surface area (Å²) in [6.07, 6.45) is 0. The quantitative estimate of drug-likeness (QED) is 0.756. The van der Waals surface area contributed by atoms with E-state index in [4.69, 9.17) is 9.47 Å². The Hall–Kier alpha value is -0.980. The lowest BCUT2D eigenvalue weighted by atomic mass is 10.1. The van der Waals surface area contributed by atoms with Gasteiger partial charge in [-0.3, -0.25) is 4.79 Å². The van der Waals surface area contributed by atoms with Gasteiger partial charge in [0, 0.05) is 18.7 Å². The second-order valence-electron chi connectivity index (χ2n) is 3.67. The highest BCUT2D eigenvalue weighted by molar-refractivity contribution is 14.1. The molecule has 1 rings (SSSR count). The molecule has 4 nitrogen and oxygen atoms in total. The fourth-order valence-corrected chi connectivity index (χ4v) is 2.56. The first-order chi connectivity index (χ1) is 8.58. The number of hydrogen-bond donors (Lipinski definition) is 0. The summed E-state index contributed by atoms with van der Waals surface area (Å²) in [5.74, 6) is 1.26. The van der Waals surface area contributed by atoms with Crippen molar-refractivity contribution in [3.05, 3.63) is 21.3 Å². The van der Waals surface area contributed by atoms with Gasteiger partial charge in [0.1, 0.15) is 0 Å². The summed E-state index contributed by atoms with van der Waals surface area (Å²) in [5, 5.41) is 0. The number of carbonyl (C=O) groups is 1. The largest absolute Gasteiger partial charge is 0.493 e. The SMILES string of the molecule is CCN(CC)C(=O)c1cc(I)c(OC)c(OC)c1. The van der Waals surface area contributed by atoms with Crippen LogP contribution in [0.4, 0.5) is 0 Å². The number of hydrogen-bond acceptors (Lipinski definition) is 3. The first-order valence-corrected chi connectivity index (χ1v) is 6.87. The van der Waals surface area contributed by atoms with Gasteiger partial charge in [0.2, 0.25) is 0 Å². The van der Waals surface area contributed by atoms with E-state index in [1.807, 2.05) is 19.9 Å². The van der Waals surface area contributed by atoms with Gasteiger partial charge < -0.3 is 14.4 Å². The summed E-state index contributed by atoms with van der Waals surface area (Å²) < 4.78 is 11.4. The fraction of sp³-hybridized carbons (Fsp3) is 0.462. The number of ether oxygens (including phenoxy) is 2. The molecule has 0 N–H and O–H groups in total. The number of methoxy groups -OCH3 is 2. The van der Waals surface area contributed by atoms with Crippen molar-refractivity contribution in [3.8, 4) is 11.5 Å². The third-order valence-corrected chi connectivity index (χ3v) is 3.53. The van der Waals surface area contributed by atoms with Gasteiger partial charge in [-0.05, 0) is 48.6 Å². The Labute approximate surface area is 121 Å². The average Bonchev–Trinajstić information content (AvgIpc) is 2.38. The summed E-state index contributed by atoms with van der Waals surface area (Å²) in [4.78, 5) is 14.0. The predicted octanol–water partition coefficient (Wildman–Crippen LogP) is 2.79. The van der Waals surface area contributed by atoms with Crippen LogP contribution in [0.1, 0.15) is 24.2 Å². The molecule has 0 aliphatic rings. The third kappa shape index (κ3) is 3.07. The summed E-state index contributed by atoms with van der Waals surface area (Å²) in [6.45, 7) is 5.32. The number of carbonyl (C=O) groups excluding carboxylic acids is 1. The fourth-order valence-electron chi connectivity index (χ4n) is 1.73. The molecular weight excluding hydrogens is 345 g/mol. The molecule has 100 valence electrons. The van der Waals surface area contributed by atoms with Gasteiger partial charge in [0.25, 0.3) is 5.91 Å². The van der Waals surface area contributed by atoms with Crippen molar-refractivity contribution in [1.82, 2.24) is 4.90 Å². The standard InChI is InChI=1S/C13H18INO3/c1-5-15(6-2)13(16)9-7-10(14)12(18-4)11(8-9)17-3/h7-8H,5-6H2,1-4H3. The van der Waals surface area contributed by atoms with Crippen molar-refractivity contribution < 1.29 is 14.3 Å². The molecule has 0 fully saturated rings. The first kappa shape index (κ1) is 15.1. The topological polar surface area (TPSA) is 38.8 Å². The van der Waals surface area contributed by atoms with Gasteiger partial charge >= 0.3 is 0 Å². The Kier molecular flexibility index (Phi) is 5.71. The highest BCUT2D eigenvalue weighted by Gasteiger charge is 2.17. The molecule has 0 radical (unpaired) electrons. The smallest absolute Gasteiger partial charge is 0.254 e. The van der Waals surface area contributed by atoms with E-state index in [-0.39, 0.29) is 5.91 Å². The van der Waals surface area contributed by atoms with Crippen LogP contribution >= 0.6 is 22.6 Å². The molecule has 0 aliphatic carbocycles. The van der Waals surface area contributed by atoms with E-state index in [9.17, 15) is 4.79 Å². The summed E-state index contributed by atoms with van der Waals surface area (Å²) in [5.41, 5.74) is 0.626. The lowest BCUT2D eigenvalue weighted by Gasteiger charge is -2.19. The van der Waals surface area contributed by atoms with E-state index < -0.39 is 0 Å². The normalized spacial score (nSPS) is 10.1. The van der Waals surface area contributed by atoms with Gasteiger partial charge in [-0.15, -0.1) is 0 Å². The van der Waals surface area contributed by atoms with Crippen LogP contribution in [-0.2, 0) is 0 Å². The lowest BCUT2D eigenvalue weighted by molar-refractivity contribution is 0.0772. The van der Waals surface area contributed by atoms with Crippen LogP contribution < -0.4 is 9.47 Å². The van der Waals surface area contributed by atoms with Crippen molar-refractivity contribution in [2.45, 2.75) is 13.8 Å². The number of amides is 1. The summed E-state index contributed by atoms with van der Waals surface area (Å²) >= 11 is 2.14. The minimum Gasteiger partial charge on any atom is -0.493 e. The zero-order valence-corrected chi connectivity index (χ0v) is 13.3. The molecule has 0 spiro atoms. The molecule has 18 heavy (non-hydrogen) atoms. The number of halogens is 1. The zero-order chi connectivity index (χ0) is 13.7. The minimum atomic E-state index is 0.0128. The zero-order valence-electron chi connectivity index (χ0n) is 11.1. The van der Waals surface area contributed by atoms with Crippen molar-refractivity contribution in [2.24, 2.45) is 0 Å². The van der Waals surface area contributed by atoms with Gasteiger partial charge in [-0.25, -0.2) is 0 Å². The Morgan fingerprint density at radius 1 is 1.22 bits per heavy atom. The van der Waals surface area contributed by atoms with E-state index in [0.29, 0.717) is 30.2 Å². The van der Waals surface area contributed by atoms with Crippen LogP contribution in [0.3, 0.4) is 0 Å². The van der Waals surface area contributed by atoms with E-state index in [1.165, 1.54) is 0 Å². The van der Waals surface area contributed by atoms with Gasteiger partial charge in [-0.1, -0.05) is 0 Å². The molecule has 0 saturated carbocycles. The van der Waals surface area contributed by atoms with Crippen molar-refractivity contribution in [2.75, 3.05) is 27.3 Å². The molecule has 0 bridgehead atoms. The van der Waals surface area contributed by atoms with Crippen LogP contribution in [0.15, 0.2) is 12.1 Å². The monoisotopic (exact) mass is 363 g/mol. The third-order valence-electron chi connectivity index (χ3n) is 2.73. The van der Waals surface area contributed by atoms with Gasteiger partial charge in [-0.2, -0.15) is 0 Å². The molecular formula is C13H18INO3. The van der Waals surface area contributed by atoms with Crippen molar-refractivity contribution in [1.29, 1.82) is 0 Å². The van der Waals surface area contributed by atoms with Crippen molar-refractivity contribution in [3.63, 3.8) is 0 Å². The number of benzene rings is 1. The lowest BCUT2D eigenvalue weighted by Crippen LogP contribution is -2.30. The molecule has 5 heteroatoms. The van der Waals surface area contributed by atoms with Crippen LogP contribution in [0.5, 0.6) is 11.5 Å². The average molecular weight is 363 g/mol. The van der Waals surface area contributed by atoms with Gasteiger partial charge in [0.15, 0.2) is 11.5 Å². The molecule has 1 aromatic carbocycles. The Morgan fingerprint density at radius 2 is 1.83 bits per heavy atom. The molecule has 0 heterocycles. The number of nitrogens with zero attached hydrogens (tertiary/aromatic N) is 1. The molecule has 0 aromatic heterocycles. The van der Waals surface area contributed by atoms with Crippen LogP contribution in [0.25, 0.3) is 0 Å². The molecule has 0 saturated heterocycles. The van der Waals surface area contributed by atoms with E-state index in [2.05, 4.69) is 22.6 Å². The number of rotatable bonds is 5. The molecule has 1 amide bonds. The highest BCUT2D eigenvalue weighted by atomic mass is 127. The van der Waals surface area contributed by atoms with E-state index in [1.54, 1.807) is 25.2 Å². The molecule has 1 aromatic rings. The minimum absolute atomic E-state index is 0.0128. The summed E-state index contributed by atoms with van der Waals surface area (Å²) in [6, 6.07) is 3.55. The van der Waals surface area contributed by atoms with Gasteiger partial charge in [0.05, 0.1) is 17.8 Å². The van der Waals surface area contributed by atoms with Crippen LogP contribution in [-0.4, -0.2) is 38.1 Å².